The summed E-state index contributed by atoms with van der Waals surface area (Å²) in [4.78, 5) is 13.4. The second kappa shape index (κ2) is 6.51. The lowest BCUT2D eigenvalue weighted by atomic mass is 10.3. The summed E-state index contributed by atoms with van der Waals surface area (Å²) in [6.45, 7) is 6.18. The van der Waals surface area contributed by atoms with Gasteiger partial charge in [0.05, 0.1) is 0 Å². The summed E-state index contributed by atoms with van der Waals surface area (Å²) in [5.41, 5.74) is 5.55. The zero-order valence-corrected chi connectivity index (χ0v) is 10.3. The van der Waals surface area contributed by atoms with Crippen LogP contribution in [0.15, 0.2) is 18.5 Å². The Kier molecular flexibility index (Phi) is 4.70. The summed E-state index contributed by atoms with van der Waals surface area (Å²) in [6, 6.07) is 1.86. The Morgan fingerprint density at radius 1 is 1.12 bits per heavy atom. The van der Waals surface area contributed by atoms with Crippen LogP contribution in [0.5, 0.6) is 0 Å². The minimum absolute atomic E-state index is 0.780. The van der Waals surface area contributed by atoms with Crippen molar-refractivity contribution in [2.45, 2.75) is 12.8 Å². The second-order valence-corrected chi connectivity index (χ2v) is 4.37. The summed E-state index contributed by atoms with van der Waals surface area (Å²) in [6.07, 6.45) is 5.86. The zero-order valence-electron chi connectivity index (χ0n) is 10.3. The van der Waals surface area contributed by atoms with E-state index in [2.05, 4.69) is 19.8 Å². The lowest BCUT2D eigenvalue weighted by Gasteiger charge is -2.21. The van der Waals surface area contributed by atoms with Crippen molar-refractivity contribution in [3.8, 4) is 0 Å². The van der Waals surface area contributed by atoms with E-state index in [0.29, 0.717) is 0 Å². The summed E-state index contributed by atoms with van der Waals surface area (Å²) in [7, 11) is 0. The maximum atomic E-state index is 5.55. The molecule has 0 aliphatic carbocycles. The monoisotopic (exact) mass is 235 g/mol. The molecule has 0 unspecified atom stereocenters. The first-order valence-electron chi connectivity index (χ1n) is 6.34. The van der Waals surface area contributed by atoms with Crippen molar-refractivity contribution in [2.75, 3.05) is 44.2 Å². The first-order chi connectivity index (χ1) is 8.40. The summed E-state index contributed by atoms with van der Waals surface area (Å²) in [5, 5.41) is 0. The largest absolute Gasteiger partial charge is 0.339 e. The quantitative estimate of drug-likeness (QED) is 0.815. The van der Waals surface area contributed by atoms with Gasteiger partial charge in [0.1, 0.15) is 0 Å². The van der Waals surface area contributed by atoms with Crippen molar-refractivity contribution in [1.29, 1.82) is 0 Å². The number of nitrogens with zero attached hydrogens (tertiary/aromatic N) is 4. The normalized spacial score (nSPS) is 18.1. The van der Waals surface area contributed by atoms with Crippen molar-refractivity contribution in [2.24, 2.45) is 5.73 Å². The highest BCUT2D eigenvalue weighted by Gasteiger charge is 2.15. The fourth-order valence-corrected chi connectivity index (χ4v) is 2.16. The second-order valence-electron chi connectivity index (χ2n) is 4.37. The van der Waals surface area contributed by atoms with Gasteiger partial charge in [0.15, 0.2) is 0 Å². The van der Waals surface area contributed by atoms with Crippen LogP contribution in [0.4, 0.5) is 5.95 Å². The molecule has 94 valence electrons. The Morgan fingerprint density at radius 2 is 1.94 bits per heavy atom. The number of hydrogen-bond donors (Lipinski definition) is 1. The van der Waals surface area contributed by atoms with E-state index >= 15 is 0 Å². The number of anilines is 1. The van der Waals surface area contributed by atoms with Gasteiger partial charge in [-0.2, -0.15) is 0 Å². The molecule has 17 heavy (non-hydrogen) atoms. The molecule has 2 heterocycles. The number of hydrogen-bond acceptors (Lipinski definition) is 5. The van der Waals surface area contributed by atoms with Crippen LogP contribution in [-0.2, 0) is 0 Å². The van der Waals surface area contributed by atoms with Gasteiger partial charge in [0, 0.05) is 32.0 Å². The molecule has 1 aromatic heterocycles. The average molecular weight is 235 g/mol. The fraction of sp³-hybridized carbons (Fsp3) is 0.667. The van der Waals surface area contributed by atoms with E-state index in [4.69, 9.17) is 5.73 Å². The number of nitrogens with two attached hydrogens (primary N) is 1. The first kappa shape index (κ1) is 12.3. The Labute approximate surface area is 103 Å². The highest BCUT2D eigenvalue weighted by atomic mass is 15.3. The van der Waals surface area contributed by atoms with Crippen molar-refractivity contribution in [1.82, 2.24) is 14.9 Å². The van der Waals surface area contributed by atoms with Crippen molar-refractivity contribution >= 4 is 5.95 Å². The SMILES string of the molecule is NCCCN1CCCN(c2ncccn2)CC1. The molecule has 0 amide bonds. The predicted molar refractivity (Wildman–Crippen MR) is 69.0 cm³/mol. The lowest BCUT2D eigenvalue weighted by Crippen LogP contribution is -2.32. The van der Waals surface area contributed by atoms with Crippen LogP contribution < -0.4 is 10.6 Å². The van der Waals surface area contributed by atoms with Crippen LogP contribution in [0.2, 0.25) is 0 Å². The highest BCUT2D eigenvalue weighted by Crippen LogP contribution is 2.10. The predicted octanol–water partition coefficient (Wildman–Crippen LogP) is 0.338. The first-order valence-corrected chi connectivity index (χ1v) is 6.34. The van der Waals surface area contributed by atoms with Crippen LogP contribution in [0.3, 0.4) is 0 Å². The molecule has 1 aliphatic rings. The Morgan fingerprint density at radius 3 is 2.71 bits per heavy atom. The van der Waals surface area contributed by atoms with Crippen molar-refractivity contribution in [3.05, 3.63) is 18.5 Å². The van der Waals surface area contributed by atoms with E-state index in [0.717, 1.165) is 51.6 Å². The summed E-state index contributed by atoms with van der Waals surface area (Å²) >= 11 is 0. The van der Waals surface area contributed by atoms with Crippen LogP contribution in [0.25, 0.3) is 0 Å². The van der Waals surface area contributed by atoms with Crippen LogP contribution in [0, 0.1) is 0 Å². The molecule has 0 atom stereocenters. The molecular formula is C12H21N5. The number of rotatable bonds is 4. The van der Waals surface area contributed by atoms with Gasteiger partial charge < -0.3 is 15.5 Å². The molecule has 2 rings (SSSR count). The van der Waals surface area contributed by atoms with Gasteiger partial charge in [-0.05, 0) is 38.5 Å². The standard InChI is InChI=1S/C12H21N5/c13-4-1-7-16-8-3-9-17(11-10-16)12-14-5-2-6-15-12/h2,5-6H,1,3-4,7-11,13H2. The molecule has 0 bridgehead atoms. The van der Waals surface area contributed by atoms with Crippen molar-refractivity contribution < 1.29 is 0 Å². The maximum absolute atomic E-state index is 5.55. The highest BCUT2D eigenvalue weighted by molar-refractivity contribution is 5.28. The summed E-state index contributed by atoms with van der Waals surface area (Å²) in [5.74, 6) is 0.855. The van der Waals surface area contributed by atoms with E-state index in [1.165, 1.54) is 6.42 Å². The molecule has 5 nitrogen and oxygen atoms in total. The molecule has 1 fully saturated rings. The molecule has 0 radical (unpaired) electrons. The fourth-order valence-electron chi connectivity index (χ4n) is 2.16. The molecule has 2 N–H and O–H groups in total. The van der Waals surface area contributed by atoms with E-state index in [-0.39, 0.29) is 0 Å². The van der Waals surface area contributed by atoms with E-state index in [1.807, 2.05) is 6.07 Å². The molecule has 5 heteroatoms. The molecule has 1 saturated heterocycles. The third-order valence-electron chi connectivity index (χ3n) is 3.10. The topological polar surface area (TPSA) is 58.3 Å². The van der Waals surface area contributed by atoms with Gasteiger partial charge in [0.25, 0.3) is 0 Å². The Bertz CT molecular complexity index is 316. The van der Waals surface area contributed by atoms with Gasteiger partial charge in [-0.1, -0.05) is 0 Å². The Hall–Kier alpha value is -1.20. The van der Waals surface area contributed by atoms with Crippen LogP contribution in [-0.4, -0.2) is 54.1 Å². The molecule has 1 aliphatic heterocycles. The molecule has 1 aromatic rings. The van der Waals surface area contributed by atoms with Gasteiger partial charge in [-0.15, -0.1) is 0 Å². The third kappa shape index (κ3) is 3.64. The van der Waals surface area contributed by atoms with E-state index in [9.17, 15) is 0 Å². The van der Waals surface area contributed by atoms with Crippen LogP contribution >= 0.6 is 0 Å². The van der Waals surface area contributed by atoms with Crippen molar-refractivity contribution in [3.63, 3.8) is 0 Å². The van der Waals surface area contributed by atoms with Crippen LogP contribution in [0.1, 0.15) is 12.8 Å². The summed E-state index contributed by atoms with van der Waals surface area (Å²) < 4.78 is 0. The molecule has 0 saturated carbocycles. The average Bonchev–Trinajstić information content (AvgIpc) is 2.63. The minimum Gasteiger partial charge on any atom is -0.339 e. The van der Waals surface area contributed by atoms with Gasteiger partial charge in [-0.25, -0.2) is 9.97 Å². The molecular weight excluding hydrogens is 214 g/mol. The van der Waals surface area contributed by atoms with E-state index in [1.54, 1.807) is 12.4 Å². The minimum atomic E-state index is 0.780. The van der Waals surface area contributed by atoms with Gasteiger partial charge in [-0.3, -0.25) is 0 Å². The van der Waals surface area contributed by atoms with E-state index < -0.39 is 0 Å². The van der Waals surface area contributed by atoms with Gasteiger partial charge >= 0.3 is 0 Å². The maximum Gasteiger partial charge on any atom is 0.225 e. The number of aromatic nitrogens is 2. The Balaban J connectivity index is 1.87. The smallest absolute Gasteiger partial charge is 0.225 e. The zero-order chi connectivity index (χ0) is 11.9. The lowest BCUT2D eigenvalue weighted by molar-refractivity contribution is 0.291. The molecule has 0 aromatic carbocycles. The van der Waals surface area contributed by atoms with Gasteiger partial charge in [0.2, 0.25) is 5.95 Å². The third-order valence-corrected chi connectivity index (χ3v) is 3.10. The molecule has 0 spiro atoms.